The molecular weight excluding hydrogens is 265 g/mol. The first-order valence-corrected chi connectivity index (χ1v) is 7.05. The lowest BCUT2D eigenvalue weighted by Crippen LogP contribution is -2.14. The predicted octanol–water partition coefficient (Wildman–Crippen LogP) is 4.02. The van der Waals surface area contributed by atoms with Gasteiger partial charge in [0.05, 0.1) is 0 Å². The van der Waals surface area contributed by atoms with E-state index < -0.39 is 0 Å². The summed E-state index contributed by atoms with van der Waals surface area (Å²) in [5.41, 5.74) is 7.55. The molecule has 0 bridgehead atoms. The number of halogens is 1. The van der Waals surface area contributed by atoms with Gasteiger partial charge in [-0.15, -0.1) is 6.58 Å². The minimum atomic E-state index is -0.269. The van der Waals surface area contributed by atoms with Crippen LogP contribution in [0.15, 0.2) is 61.2 Å². The SMILES string of the molecule is C=CCc1cc(F)ccc1OC(CCN)c1ccccc1. The topological polar surface area (TPSA) is 35.2 Å². The second-order valence-corrected chi connectivity index (χ2v) is 4.84. The minimum absolute atomic E-state index is 0.134. The zero-order valence-electron chi connectivity index (χ0n) is 12.0. The summed E-state index contributed by atoms with van der Waals surface area (Å²) in [5, 5.41) is 0. The van der Waals surface area contributed by atoms with Gasteiger partial charge in [0, 0.05) is 12.0 Å². The highest BCUT2D eigenvalue weighted by Crippen LogP contribution is 2.28. The standard InChI is InChI=1S/C18H20FNO/c1-2-6-15-13-16(19)9-10-17(15)21-18(11-12-20)14-7-4-3-5-8-14/h2-5,7-10,13,18H,1,6,11-12,20H2. The Hall–Kier alpha value is -2.13. The van der Waals surface area contributed by atoms with E-state index in [0.717, 1.165) is 11.1 Å². The fourth-order valence-corrected chi connectivity index (χ4v) is 2.24. The van der Waals surface area contributed by atoms with Gasteiger partial charge in [0.25, 0.3) is 0 Å². The van der Waals surface area contributed by atoms with E-state index >= 15 is 0 Å². The minimum Gasteiger partial charge on any atom is -0.485 e. The van der Waals surface area contributed by atoms with Crippen LogP contribution in [0, 0.1) is 5.82 Å². The number of rotatable bonds is 7. The summed E-state index contributed by atoms with van der Waals surface area (Å²) in [7, 11) is 0. The number of benzene rings is 2. The third-order valence-electron chi connectivity index (χ3n) is 3.26. The van der Waals surface area contributed by atoms with Crippen LogP contribution in [-0.2, 0) is 6.42 Å². The van der Waals surface area contributed by atoms with Gasteiger partial charge in [0.15, 0.2) is 0 Å². The van der Waals surface area contributed by atoms with Crippen LogP contribution in [0.4, 0.5) is 4.39 Å². The second-order valence-electron chi connectivity index (χ2n) is 4.84. The van der Waals surface area contributed by atoms with Crippen molar-refractivity contribution >= 4 is 0 Å². The van der Waals surface area contributed by atoms with Crippen LogP contribution in [-0.4, -0.2) is 6.54 Å². The second kappa shape index (κ2) is 7.60. The van der Waals surface area contributed by atoms with Crippen LogP contribution in [0.5, 0.6) is 5.75 Å². The van der Waals surface area contributed by atoms with Crippen molar-refractivity contribution in [2.24, 2.45) is 5.73 Å². The van der Waals surface area contributed by atoms with Crippen molar-refractivity contribution in [1.82, 2.24) is 0 Å². The van der Waals surface area contributed by atoms with Crippen molar-refractivity contribution in [3.8, 4) is 5.75 Å². The van der Waals surface area contributed by atoms with Crippen molar-refractivity contribution in [2.75, 3.05) is 6.54 Å². The Morgan fingerprint density at radius 3 is 2.62 bits per heavy atom. The summed E-state index contributed by atoms with van der Waals surface area (Å²) in [6.07, 6.45) is 2.87. The van der Waals surface area contributed by atoms with Crippen LogP contribution >= 0.6 is 0 Å². The highest BCUT2D eigenvalue weighted by molar-refractivity contribution is 5.36. The van der Waals surface area contributed by atoms with Gasteiger partial charge in [-0.3, -0.25) is 0 Å². The summed E-state index contributed by atoms with van der Waals surface area (Å²) in [4.78, 5) is 0. The Kier molecular flexibility index (Phi) is 5.52. The van der Waals surface area contributed by atoms with Crippen molar-refractivity contribution in [3.63, 3.8) is 0 Å². The van der Waals surface area contributed by atoms with Gasteiger partial charge >= 0.3 is 0 Å². The molecule has 0 heterocycles. The van der Waals surface area contributed by atoms with E-state index in [1.807, 2.05) is 30.3 Å². The maximum absolute atomic E-state index is 13.4. The quantitative estimate of drug-likeness (QED) is 0.780. The molecule has 0 aliphatic heterocycles. The van der Waals surface area contributed by atoms with E-state index in [2.05, 4.69) is 6.58 Å². The predicted molar refractivity (Wildman–Crippen MR) is 83.8 cm³/mol. The van der Waals surface area contributed by atoms with Gasteiger partial charge in [-0.25, -0.2) is 4.39 Å². The molecular formula is C18H20FNO. The van der Waals surface area contributed by atoms with Gasteiger partial charge in [-0.05, 0) is 36.7 Å². The maximum Gasteiger partial charge on any atom is 0.125 e. The van der Waals surface area contributed by atoms with E-state index in [9.17, 15) is 4.39 Å². The Morgan fingerprint density at radius 2 is 1.95 bits per heavy atom. The number of allylic oxidation sites excluding steroid dienone is 1. The molecule has 110 valence electrons. The van der Waals surface area contributed by atoms with Gasteiger partial charge < -0.3 is 10.5 Å². The zero-order chi connectivity index (χ0) is 15.1. The van der Waals surface area contributed by atoms with Crippen molar-refractivity contribution in [1.29, 1.82) is 0 Å². The molecule has 2 aromatic carbocycles. The molecule has 0 saturated heterocycles. The zero-order valence-corrected chi connectivity index (χ0v) is 12.0. The molecule has 21 heavy (non-hydrogen) atoms. The van der Waals surface area contributed by atoms with Crippen LogP contribution in [0.25, 0.3) is 0 Å². The number of hydrogen-bond donors (Lipinski definition) is 1. The Labute approximate surface area is 125 Å². The summed E-state index contributed by atoms with van der Waals surface area (Å²) >= 11 is 0. The van der Waals surface area contributed by atoms with Gasteiger partial charge in [-0.1, -0.05) is 36.4 Å². The van der Waals surface area contributed by atoms with Crippen LogP contribution in [0.2, 0.25) is 0 Å². The van der Waals surface area contributed by atoms with Crippen molar-refractivity contribution in [2.45, 2.75) is 18.9 Å². The molecule has 0 fully saturated rings. The van der Waals surface area contributed by atoms with Crippen LogP contribution in [0.3, 0.4) is 0 Å². The average molecular weight is 285 g/mol. The van der Waals surface area contributed by atoms with Gasteiger partial charge in [0.1, 0.15) is 17.7 Å². The lowest BCUT2D eigenvalue weighted by molar-refractivity contribution is 0.196. The Bertz CT molecular complexity index is 583. The third kappa shape index (κ3) is 4.17. The molecule has 1 atom stereocenters. The van der Waals surface area contributed by atoms with Crippen LogP contribution < -0.4 is 10.5 Å². The fraction of sp³-hybridized carbons (Fsp3) is 0.222. The molecule has 0 spiro atoms. The molecule has 3 heteroatoms. The van der Waals surface area contributed by atoms with E-state index in [1.165, 1.54) is 12.1 Å². The molecule has 2 N–H and O–H groups in total. The third-order valence-corrected chi connectivity index (χ3v) is 3.26. The van der Waals surface area contributed by atoms with Gasteiger partial charge in [-0.2, -0.15) is 0 Å². The first-order chi connectivity index (χ1) is 10.2. The average Bonchev–Trinajstić information content (AvgIpc) is 2.50. The van der Waals surface area contributed by atoms with E-state index in [1.54, 1.807) is 12.1 Å². The summed E-state index contributed by atoms with van der Waals surface area (Å²) in [6, 6.07) is 14.5. The van der Waals surface area contributed by atoms with Gasteiger partial charge in [0.2, 0.25) is 0 Å². The lowest BCUT2D eigenvalue weighted by atomic mass is 10.1. The number of hydrogen-bond acceptors (Lipinski definition) is 2. The first-order valence-electron chi connectivity index (χ1n) is 7.05. The number of nitrogens with two attached hydrogens (primary N) is 1. The highest BCUT2D eigenvalue weighted by atomic mass is 19.1. The normalized spacial score (nSPS) is 11.9. The molecule has 2 rings (SSSR count). The van der Waals surface area contributed by atoms with E-state index in [0.29, 0.717) is 25.1 Å². The fourth-order valence-electron chi connectivity index (χ4n) is 2.24. The molecule has 0 amide bonds. The molecule has 0 aliphatic rings. The molecule has 0 saturated carbocycles. The number of ether oxygens (including phenoxy) is 1. The molecule has 2 nitrogen and oxygen atoms in total. The lowest BCUT2D eigenvalue weighted by Gasteiger charge is -2.21. The van der Waals surface area contributed by atoms with Crippen molar-refractivity contribution < 1.29 is 9.13 Å². The summed E-state index contributed by atoms with van der Waals surface area (Å²) < 4.78 is 19.5. The highest BCUT2D eigenvalue weighted by Gasteiger charge is 2.14. The molecule has 0 aliphatic carbocycles. The Balaban J connectivity index is 2.26. The van der Waals surface area contributed by atoms with Crippen molar-refractivity contribution in [3.05, 3.63) is 78.1 Å². The smallest absolute Gasteiger partial charge is 0.125 e. The summed E-state index contributed by atoms with van der Waals surface area (Å²) in [5.74, 6) is 0.410. The molecule has 2 aromatic rings. The monoisotopic (exact) mass is 285 g/mol. The first kappa shape index (κ1) is 15.3. The molecule has 1 unspecified atom stereocenters. The van der Waals surface area contributed by atoms with E-state index in [-0.39, 0.29) is 11.9 Å². The van der Waals surface area contributed by atoms with Crippen LogP contribution in [0.1, 0.15) is 23.7 Å². The Morgan fingerprint density at radius 1 is 1.19 bits per heavy atom. The maximum atomic E-state index is 13.4. The largest absolute Gasteiger partial charge is 0.485 e. The molecule has 0 radical (unpaired) electrons. The molecule has 0 aromatic heterocycles. The van der Waals surface area contributed by atoms with E-state index in [4.69, 9.17) is 10.5 Å². The summed E-state index contributed by atoms with van der Waals surface area (Å²) in [6.45, 7) is 4.23.